The highest BCUT2D eigenvalue weighted by Crippen LogP contribution is 2.32. The molecule has 2 N–H and O–H groups in total. The van der Waals surface area contributed by atoms with Crippen molar-refractivity contribution in [2.75, 3.05) is 0 Å². The maximum absolute atomic E-state index is 11.1. The summed E-state index contributed by atoms with van der Waals surface area (Å²) in [6.45, 7) is 1.86. The van der Waals surface area contributed by atoms with E-state index in [0.717, 1.165) is 5.56 Å². The maximum Gasteiger partial charge on any atom is 0.294 e. The molecular formula is C14H14O4S. The van der Waals surface area contributed by atoms with Crippen LogP contribution in [0.4, 0.5) is 0 Å². The largest absolute Gasteiger partial charge is 0.508 e. The van der Waals surface area contributed by atoms with Crippen molar-refractivity contribution in [1.29, 1.82) is 0 Å². The van der Waals surface area contributed by atoms with Crippen LogP contribution in [0, 0.1) is 0 Å². The first-order chi connectivity index (χ1) is 8.89. The van der Waals surface area contributed by atoms with Crippen molar-refractivity contribution in [2.45, 2.75) is 17.7 Å². The van der Waals surface area contributed by atoms with E-state index in [2.05, 4.69) is 0 Å². The molecule has 0 saturated heterocycles. The van der Waals surface area contributed by atoms with E-state index < -0.39 is 10.1 Å². The van der Waals surface area contributed by atoms with E-state index in [-0.39, 0.29) is 16.6 Å². The zero-order valence-electron chi connectivity index (χ0n) is 10.3. The van der Waals surface area contributed by atoms with E-state index in [9.17, 15) is 13.5 Å². The van der Waals surface area contributed by atoms with Crippen LogP contribution in [-0.2, 0) is 10.1 Å². The monoisotopic (exact) mass is 278 g/mol. The van der Waals surface area contributed by atoms with Crippen LogP contribution in [0.3, 0.4) is 0 Å². The summed E-state index contributed by atoms with van der Waals surface area (Å²) in [5, 5.41) is 9.86. The van der Waals surface area contributed by atoms with Gasteiger partial charge in [-0.25, -0.2) is 0 Å². The standard InChI is InChI=1S/C14H14O4S/c1-10(11-5-3-2-4-6-11)13-9-12(19(16,17)18)7-8-14(13)15/h2-10,15H,1H3,(H,16,17,18). The van der Waals surface area contributed by atoms with E-state index in [1.54, 1.807) is 0 Å². The molecule has 0 heterocycles. The fraction of sp³-hybridized carbons (Fsp3) is 0.143. The molecular weight excluding hydrogens is 264 g/mol. The highest BCUT2D eigenvalue weighted by Gasteiger charge is 2.17. The summed E-state index contributed by atoms with van der Waals surface area (Å²) in [5.74, 6) is -0.174. The first-order valence-electron chi connectivity index (χ1n) is 5.75. The lowest BCUT2D eigenvalue weighted by atomic mass is 9.92. The van der Waals surface area contributed by atoms with Crippen LogP contribution in [0.5, 0.6) is 5.75 Å². The molecule has 0 amide bonds. The Morgan fingerprint density at radius 1 is 1.05 bits per heavy atom. The number of phenolic OH excluding ortho intramolecular Hbond substituents is 1. The van der Waals surface area contributed by atoms with Crippen LogP contribution in [0.15, 0.2) is 53.4 Å². The minimum atomic E-state index is -4.27. The zero-order chi connectivity index (χ0) is 14.0. The van der Waals surface area contributed by atoms with Crippen molar-refractivity contribution in [3.05, 3.63) is 59.7 Å². The van der Waals surface area contributed by atoms with Gasteiger partial charge in [0.05, 0.1) is 4.90 Å². The summed E-state index contributed by atoms with van der Waals surface area (Å²) in [6, 6.07) is 13.1. The number of benzene rings is 2. The summed E-state index contributed by atoms with van der Waals surface area (Å²) in [4.78, 5) is -0.219. The molecule has 0 aliphatic heterocycles. The Kier molecular flexibility index (Phi) is 3.59. The Morgan fingerprint density at radius 3 is 2.26 bits per heavy atom. The van der Waals surface area contributed by atoms with E-state index in [4.69, 9.17) is 4.55 Å². The quantitative estimate of drug-likeness (QED) is 0.847. The van der Waals surface area contributed by atoms with E-state index in [1.807, 2.05) is 37.3 Å². The number of hydrogen-bond donors (Lipinski definition) is 2. The normalized spacial score (nSPS) is 13.2. The lowest BCUT2D eigenvalue weighted by molar-refractivity contribution is 0.464. The number of aromatic hydroxyl groups is 1. The van der Waals surface area contributed by atoms with Crippen LogP contribution in [0.25, 0.3) is 0 Å². The molecule has 0 bridgehead atoms. The molecule has 100 valence electrons. The Balaban J connectivity index is 2.51. The van der Waals surface area contributed by atoms with Crippen molar-refractivity contribution >= 4 is 10.1 Å². The maximum atomic E-state index is 11.1. The minimum absolute atomic E-state index is 0.00348. The highest BCUT2D eigenvalue weighted by molar-refractivity contribution is 7.85. The molecule has 2 aromatic rings. The average molecular weight is 278 g/mol. The van der Waals surface area contributed by atoms with Crippen LogP contribution < -0.4 is 0 Å². The molecule has 4 nitrogen and oxygen atoms in total. The van der Waals surface area contributed by atoms with Gasteiger partial charge < -0.3 is 5.11 Å². The van der Waals surface area contributed by atoms with Crippen molar-refractivity contribution in [1.82, 2.24) is 0 Å². The van der Waals surface area contributed by atoms with Gasteiger partial charge in [0.1, 0.15) is 5.75 Å². The van der Waals surface area contributed by atoms with Crippen molar-refractivity contribution in [3.63, 3.8) is 0 Å². The fourth-order valence-corrected chi connectivity index (χ4v) is 2.48. The summed E-state index contributed by atoms with van der Waals surface area (Å²) in [6.07, 6.45) is 0. The van der Waals surface area contributed by atoms with Gasteiger partial charge in [-0.3, -0.25) is 4.55 Å². The highest BCUT2D eigenvalue weighted by atomic mass is 32.2. The molecule has 0 spiro atoms. The predicted octanol–water partition coefficient (Wildman–Crippen LogP) is 2.79. The van der Waals surface area contributed by atoms with E-state index >= 15 is 0 Å². The smallest absolute Gasteiger partial charge is 0.294 e. The summed E-state index contributed by atoms with van der Waals surface area (Å²) in [7, 11) is -4.27. The Morgan fingerprint density at radius 2 is 1.68 bits per heavy atom. The molecule has 5 heteroatoms. The number of hydrogen-bond acceptors (Lipinski definition) is 3. The molecule has 0 radical (unpaired) electrons. The second-order valence-corrected chi connectivity index (χ2v) is 5.75. The van der Waals surface area contributed by atoms with Gasteiger partial charge >= 0.3 is 0 Å². The number of phenols is 1. The summed E-state index contributed by atoms with van der Waals surface area (Å²) < 4.78 is 31.3. The van der Waals surface area contributed by atoms with Crippen molar-refractivity contribution < 1.29 is 18.1 Å². The Hall–Kier alpha value is -1.85. The SMILES string of the molecule is CC(c1ccccc1)c1cc(S(=O)(=O)O)ccc1O. The summed E-state index contributed by atoms with van der Waals surface area (Å²) >= 11 is 0. The second-order valence-electron chi connectivity index (χ2n) is 4.33. The topological polar surface area (TPSA) is 74.6 Å². The molecule has 1 unspecified atom stereocenters. The van der Waals surface area contributed by atoms with Gasteiger partial charge in [0.25, 0.3) is 10.1 Å². The lowest BCUT2D eigenvalue weighted by Crippen LogP contribution is -2.02. The van der Waals surface area contributed by atoms with Crippen LogP contribution in [0.1, 0.15) is 24.0 Å². The van der Waals surface area contributed by atoms with Crippen LogP contribution in [-0.4, -0.2) is 18.1 Å². The minimum Gasteiger partial charge on any atom is -0.508 e. The van der Waals surface area contributed by atoms with Gasteiger partial charge in [0.2, 0.25) is 0 Å². The molecule has 0 aliphatic rings. The third-order valence-corrected chi connectivity index (χ3v) is 3.91. The molecule has 19 heavy (non-hydrogen) atoms. The molecule has 2 rings (SSSR count). The van der Waals surface area contributed by atoms with Gasteiger partial charge in [-0.1, -0.05) is 37.3 Å². The molecule has 0 aromatic heterocycles. The van der Waals surface area contributed by atoms with Gasteiger partial charge in [-0.2, -0.15) is 8.42 Å². The van der Waals surface area contributed by atoms with E-state index in [0.29, 0.717) is 5.56 Å². The predicted molar refractivity (Wildman–Crippen MR) is 71.9 cm³/mol. The zero-order valence-corrected chi connectivity index (χ0v) is 11.1. The molecule has 0 saturated carbocycles. The average Bonchev–Trinajstić information content (AvgIpc) is 2.38. The first kappa shape index (κ1) is 13.6. The Labute approximate surface area is 112 Å². The van der Waals surface area contributed by atoms with Crippen LogP contribution >= 0.6 is 0 Å². The number of rotatable bonds is 3. The van der Waals surface area contributed by atoms with Crippen LogP contribution in [0.2, 0.25) is 0 Å². The second kappa shape index (κ2) is 5.03. The molecule has 0 fully saturated rings. The third-order valence-electron chi connectivity index (χ3n) is 3.06. The molecule has 1 atom stereocenters. The van der Waals surface area contributed by atoms with Crippen molar-refractivity contribution in [3.8, 4) is 5.75 Å². The van der Waals surface area contributed by atoms with Crippen molar-refractivity contribution in [2.24, 2.45) is 0 Å². The van der Waals surface area contributed by atoms with Gasteiger partial charge in [-0.15, -0.1) is 0 Å². The summed E-state index contributed by atoms with van der Waals surface area (Å²) in [5.41, 5.74) is 1.41. The van der Waals surface area contributed by atoms with Gasteiger partial charge in [0, 0.05) is 11.5 Å². The third kappa shape index (κ3) is 2.94. The van der Waals surface area contributed by atoms with Gasteiger partial charge in [0.15, 0.2) is 0 Å². The lowest BCUT2D eigenvalue weighted by Gasteiger charge is -2.14. The first-order valence-corrected chi connectivity index (χ1v) is 7.19. The molecule has 0 aliphatic carbocycles. The van der Waals surface area contributed by atoms with E-state index in [1.165, 1.54) is 18.2 Å². The fourth-order valence-electron chi connectivity index (χ4n) is 1.96. The Bertz CT molecular complexity index is 678. The van der Waals surface area contributed by atoms with Gasteiger partial charge in [-0.05, 0) is 23.8 Å². The molecule has 2 aromatic carbocycles.